The molecular weight excluding hydrogens is 250 g/mol. The Labute approximate surface area is 120 Å². The molecule has 0 saturated heterocycles. The van der Waals surface area contributed by atoms with Gasteiger partial charge in [0.1, 0.15) is 5.75 Å². The van der Waals surface area contributed by atoms with Crippen LogP contribution in [0.4, 0.5) is 0 Å². The van der Waals surface area contributed by atoms with Gasteiger partial charge in [-0.3, -0.25) is 4.68 Å². The van der Waals surface area contributed by atoms with Crippen molar-refractivity contribution in [2.75, 3.05) is 7.11 Å². The zero-order chi connectivity index (χ0) is 14.7. The van der Waals surface area contributed by atoms with E-state index in [0.717, 1.165) is 24.4 Å². The van der Waals surface area contributed by atoms with Crippen molar-refractivity contribution in [2.24, 2.45) is 0 Å². The first-order chi connectivity index (χ1) is 9.55. The third kappa shape index (κ3) is 3.00. The maximum absolute atomic E-state index is 5.58. The zero-order valence-electron chi connectivity index (χ0n) is 13.0. The van der Waals surface area contributed by atoms with Crippen LogP contribution < -0.4 is 4.74 Å². The Hall–Kier alpha value is -1.84. The van der Waals surface area contributed by atoms with Crippen molar-refractivity contribution in [3.05, 3.63) is 40.7 Å². The van der Waals surface area contributed by atoms with Crippen LogP contribution in [-0.2, 0) is 13.0 Å². The predicted molar refractivity (Wildman–Crippen MR) is 80.3 cm³/mol. The van der Waals surface area contributed by atoms with Gasteiger partial charge in [-0.2, -0.15) is 0 Å². The Morgan fingerprint density at radius 2 is 2.05 bits per heavy atom. The van der Waals surface area contributed by atoms with E-state index in [9.17, 15) is 0 Å². The van der Waals surface area contributed by atoms with Gasteiger partial charge in [0.2, 0.25) is 0 Å². The minimum atomic E-state index is 0.352. The lowest BCUT2D eigenvalue weighted by molar-refractivity contribution is 0.403. The van der Waals surface area contributed by atoms with E-state index in [1.54, 1.807) is 7.11 Å². The summed E-state index contributed by atoms with van der Waals surface area (Å²) in [6.45, 7) is 9.34. The van der Waals surface area contributed by atoms with E-state index in [0.29, 0.717) is 5.92 Å². The molecule has 4 nitrogen and oxygen atoms in total. The van der Waals surface area contributed by atoms with Crippen molar-refractivity contribution in [3.8, 4) is 5.75 Å². The second kappa shape index (κ2) is 6.07. The molecule has 20 heavy (non-hydrogen) atoms. The largest absolute Gasteiger partial charge is 0.496 e. The maximum Gasteiger partial charge on any atom is 0.125 e. The fraction of sp³-hybridized carbons (Fsp3) is 0.500. The Bertz CT molecular complexity index is 589. The number of hydrogen-bond acceptors (Lipinski definition) is 3. The standard InChI is InChI=1S/C16H23N3O/c1-6-19-10-14(17-18-19)9-12(3)15-8-11(2)7-13(4)16(15)20-5/h7-8,10,12H,6,9H2,1-5H3. The minimum absolute atomic E-state index is 0.352. The van der Waals surface area contributed by atoms with Crippen molar-refractivity contribution in [1.29, 1.82) is 0 Å². The third-order valence-corrected chi connectivity index (χ3v) is 3.61. The fourth-order valence-corrected chi connectivity index (χ4v) is 2.64. The van der Waals surface area contributed by atoms with Gasteiger partial charge in [-0.15, -0.1) is 5.10 Å². The fourth-order valence-electron chi connectivity index (χ4n) is 2.64. The van der Waals surface area contributed by atoms with Crippen molar-refractivity contribution in [1.82, 2.24) is 15.0 Å². The Kier molecular flexibility index (Phi) is 4.42. The lowest BCUT2D eigenvalue weighted by atomic mass is 9.92. The molecule has 0 saturated carbocycles. The van der Waals surface area contributed by atoms with E-state index in [2.05, 4.69) is 50.1 Å². The number of benzene rings is 1. The molecule has 2 rings (SSSR count). The highest BCUT2D eigenvalue weighted by molar-refractivity contribution is 5.45. The van der Waals surface area contributed by atoms with Crippen molar-refractivity contribution in [3.63, 3.8) is 0 Å². The number of aromatic nitrogens is 3. The van der Waals surface area contributed by atoms with Crippen LogP contribution in [0.5, 0.6) is 5.75 Å². The number of aryl methyl sites for hydroxylation is 3. The average Bonchev–Trinajstić information content (AvgIpc) is 2.85. The van der Waals surface area contributed by atoms with Gasteiger partial charge in [0.25, 0.3) is 0 Å². The van der Waals surface area contributed by atoms with Gasteiger partial charge in [0.05, 0.1) is 12.8 Å². The highest BCUT2D eigenvalue weighted by Gasteiger charge is 2.16. The summed E-state index contributed by atoms with van der Waals surface area (Å²) >= 11 is 0. The molecule has 0 bridgehead atoms. The highest BCUT2D eigenvalue weighted by Crippen LogP contribution is 2.32. The topological polar surface area (TPSA) is 39.9 Å². The summed E-state index contributed by atoms with van der Waals surface area (Å²) in [5, 5.41) is 8.32. The molecule has 4 heteroatoms. The van der Waals surface area contributed by atoms with Gasteiger partial charge in [0.15, 0.2) is 0 Å². The smallest absolute Gasteiger partial charge is 0.125 e. The van der Waals surface area contributed by atoms with Crippen molar-refractivity contribution >= 4 is 0 Å². The molecule has 0 N–H and O–H groups in total. The van der Waals surface area contributed by atoms with E-state index in [4.69, 9.17) is 4.74 Å². The van der Waals surface area contributed by atoms with E-state index in [-0.39, 0.29) is 0 Å². The molecule has 1 aromatic carbocycles. The van der Waals surface area contributed by atoms with Crippen LogP contribution in [0, 0.1) is 13.8 Å². The van der Waals surface area contributed by atoms with Crippen molar-refractivity contribution in [2.45, 2.75) is 46.6 Å². The first kappa shape index (κ1) is 14.6. The SMILES string of the molecule is CCn1cc(CC(C)c2cc(C)cc(C)c2OC)nn1. The second-order valence-electron chi connectivity index (χ2n) is 5.38. The third-order valence-electron chi connectivity index (χ3n) is 3.61. The first-order valence-corrected chi connectivity index (χ1v) is 7.09. The Morgan fingerprint density at radius 1 is 1.30 bits per heavy atom. The van der Waals surface area contributed by atoms with E-state index in [1.165, 1.54) is 16.7 Å². The maximum atomic E-state index is 5.58. The van der Waals surface area contributed by atoms with E-state index < -0.39 is 0 Å². The van der Waals surface area contributed by atoms with Gasteiger partial charge < -0.3 is 4.74 Å². The molecular formula is C16H23N3O. The first-order valence-electron chi connectivity index (χ1n) is 7.09. The quantitative estimate of drug-likeness (QED) is 0.839. The van der Waals surface area contributed by atoms with Crippen LogP contribution in [0.15, 0.2) is 18.3 Å². The number of methoxy groups -OCH3 is 1. The molecule has 0 aliphatic rings. The average molecular weight is 273 g/mol. The van der Waals surface area contributed by atoms with Gasteiger partial charge in [-0.25, -0.2) is 0 Å². The summed E-state index contributed by atoms with van der Waals surface area (Å²) in [5.74, 6) is 1.34. The number of hydrogen-bond donors (Lipinski definition) is 0. The molecule has 0 fully saturated rings. The zero-order valence-corrected chi connectivity index (χ0v) is 13.0. The number of nitrogens with zero attached hydrogens (tertiary/aromatic N) is 3. The Morgan fingerprint density at radius 3 is 2.65 bits per heavy atom. The second-order valence-corrected chi connectivity index (χ2v) is 5.38. The van der Waals surface area contributed by atoms with Crippen LogP contribution in [0.25, 0.3) is 0 Å². The Balaban J connectivity index is 2.26. The molecule has 108 valence electrons. The lowest BCUT2D eigenvalue weighted by Gasteiger charge is -2.17. The molecule has 1 atom stereocenters. The normalized spacial score (nSPS) is 12.4. The van der Waals surface area contributed by atoms with Crippen molar-refractivity contribution < 1.29 is 4.74 Å². The van der Waals surface area contributed by atoms with Crippen LogP contribution in [0.3, 0.4) is 0 Å². The molecule has 1 heterocycles. The minimum Gasteiger partial charge on any atom is -0.496 e. The van der Waals surface area contributed by atoms with E-state index >= 15 is 0 Å². The highest BCUT2D eigenvalue weighted by atomic mass is 16.5. The summed E-state index contributed by atoms with van der Waals surface area (Å²) in [7, 11) is 1.74. The summed E-state index contributed by atoms with van der Waals surface area (Å²) < 4.78 is 7.44. The van der Waals surface area contributed by atoms with E-state index in [1.807, 2.05) is 10.9 Å². The molecule has 1 aromatic heterocycles. The molecule has 0 spiro atoms. The van der Waals surface area contributed by atoms with Crippen LogP contribution in [0.1, 0.15) is 42.1 Å². The van der Waals surface area contributed by atoms with Crippen LogP contribution >= 0.6 is 0 Å². The number of ether oxygens (including phenoxy) is 1. The van der Waals surface area contributed by atoms with Crippen LogP contribution in [0.2, 0.25) is 0 Å². The van der Waals surface area contributed by atoms with Gasteiger partial charge in [-0.05, 0) is 44.2 Å². The summed E-state index contributed by atoms with van der Waals surface area (Å²) in [4.78, 5) is 0. The molecule has 0 radical (unpaired) electrons. The van der Waals surface area contributed by atoms with Gasteiger partial charge in [0, 0.05) is 12.7 Å². The molecule has 0 aliphatic heterocycles. The van der Waals surface area contributed by atoms with Crippen LogP contribution in [-0.4, -0.2) is 22.1 Å². The predicted octanol–water partition coefficient (Wildman–Crippen LogP) is 3.27. The molecule has 0 amide bonds. The van der Waals surface area contributed by atoms with Gasteiger partial charge >= 0.3 is 0 Å². The molecule has 1 unspecified atom stereocenters. The molecule has 0 aliphatic carbocycles. The monoisotopic (exact) mass is 273 g/mol. The van der Waals surface area contributed by atoms with Gasteiger partial charge in [-0.1, -0.05) is 29.8 Å². The molecule has 2 aromatic rings. The number of rotatable bonds is 5. The lowest BCUT2D eigenvalue weighted by Crippen LogP contribution is -2.04. The summed E-state index contributed by atoms with van der Waals surface area (Å²) in [6, 6.07) is 4.36. The summed E-state index contributed by atoms with van der Waals surface area (Å²) in [5.41, 5.74) is 4.73. The summed E-state index contributed by atoms with van der Waals surface area (Å²) in [6.07, 6.45) is 2.89.